The molecule has 0 saturated heterocycles. The molecule has 2 aromatic carbocycles. The van der Waals surface area contributed by atoms with E-state index in [0.29, 0.717) is 23.1 Å². The molecule has 1 unspecified atom stereocenters. The summed E-state index contributed by atoms with van der Waals surface area (Å²) in [5.74, 6) is -1.36. The molecule has 0 bridgehead atoms. The Labute approximate surface area is 179 Å². The zero-order valence-electron chi connectivity index (χ0n) is 16.8. The quantitative estimate of drug-likeness (QED) is 0.393. The van der Waals surface area contributed by atoms with Gasteiger partial charge in [-0.3, -0.25) is 9.59 Å². The molecule has 0 aromatic heterocycles. The van der Waals surface area contributed by atoms with Crippen LogP contribution >= 0.6 is 11.6 Å². The lowest BCUT2D eigenvalue weighted by molar-refractivity contribution is -0.159. The average Bonchev–Trinajstić information content (AvgIpc) is 2.72. The Morgan fingerprint density at radius 3 is 2.20 bits per heavy atom. The molecule has 30 heavy (non-hydrogen) atoms. The highest BCUT2D eigenvalue weighted by Gasteiger charge is 2.18. The van der Waals surface area contributed by atoms with Crippen LogP contribution in [0.3, 0.4) is 0 Å². The van der Waals surface area contributed by atoms with Crippen molar-refractivity contribution in [1.29, 1.82) is 0 Å². The van der Waals surface area contributed by atoms with E-state index >= 15 is 0 Å². The lowest BCUT2D eigenvalue weighted by Crippen LogP contribution is -2.26. The molecule has 0 aliphatic carbocycles. The molecule has 0 heterocycles. The number of hydrogen-bond donors (Lipinski definition) is 0. The van der Waals surface area contributed by atoms with Gasteiger partial charge < -0.3 is 18.9 Å². The lowest BCUT2D eigenvalue weighted by atomic mass is 10.2. The largest absolute Gasteiger partial charge is 0.490 e. The Kier molecular flexibility index (Phi) is 9.15. The number of ether oxygens (including phenoxy) is 4. The van der Waals surface area contributed by atoms with Crippen LogP contribution in [0.25, 0.3) is 0 Å². The fourth-order valence-electron chi connectivity index (χ4n) is 2.35. The Hall–Kier alpha value is -3.06. The summed E-state index contributed by atoms with van der Waals surface area (Å²) >= 11 is 5.86. The highest BCUT2D eigenvalue weighted by atomic mass is 35.5. The van der Waals surface area contributed by atoms with Gasteiger partial charge in [0.2, 0.25) is 0 Å². The van der Waals surface area contributed by atoms with Crippen molar-refractivity contribution in [2.24, 2.45) is 0 Å². The van der Waals surface area contributed by atoms with Crippen LogP contribution in [0.1, 0.15) is 25.8 Å². The maximum absolute atomic E-state index is 11.8. The minimum atomic E-state index is -1.02. The minimum Gasteiger partial charge on any atom is -0.490 e. The highest BCUT2D eigenvalue weighted by Crippen LogP contribution is 2.20. The van der Waals surface area contributed by atoms with Gasteiger partial charge >= 0.3 is 11.9 Å². The van der Waals surface area contributed by atoms with Crippen LogP contribution in [0.5, 0.6) is 11.5 Å². The maximum atomic E-state index is 11.8. The van der Waals surface area contributed by atoms with Crippen molar-refractivity contribution in [2.75, 3.05) is 13.2 Å². The van der Waals surface area contributed by atoms with Gasteiger partial charge in [0.15, 0.2) is 6.61 Å². The van der Waals surface area contributed by atoms with Crippen LogP contribution in [0.2, 0.25) is 5.02 Å². The summed E-state index contributed by atoms with van der Waals surface area (Å²) in [5, 5.41) is 0.670. The van der Waals surface area contributed by atoms with Crippen LogP contribution in [0.15, 0.2) is 48.5 Å². The van der Waals surface area contributed by atoms with Crippen molar-refractivity contribution >= 4 is 29.3 Å². The zero-order valence-corrected chi connectivity index (χ0v) is 17.5. The number of carbonyl (C=O) groups excluding carboxylic acids is 3. The maximum Gasteiger partial charge on any atom is 0.378 e. The predicted octanol–water partition coefficient (Wildman–Crippen LogP) is 3.75. The van der Waals surface area contributed by atoms with Crippen molar-refractivity contribution in [1.82, 2.24) is 0 Å². The predicted molar refractivity (Wildman–Crippen MR) is 110 cm³/mol. The third-order valence-corrected chi connectivity index (χ3v) is 4.05. The summed E-state index contributed by atoms with van der Waals surface area (Å²) in [6, 6.07) is 14.4. The van der Waals surface area contributed by atoms with Crippen LogP contribution in [0, 0.1) is 0 Å². The molecule has 1 atom stereocenters. The first-order chi connectivity index (χ1) is 14.4. The van der Waals surface area contributed by atoms with E-state index in [0.717, 1.165) is 5.56 Å². The number of ketones is 1. The van der Waals surface area contributed by atoms with Crippen molar-refractivity contribution < 1.29 is 33.3 Å². The SMILES string of the molecule is CCOC(=O)C(=O)COC(=O)CC(C)Oc1ccc(OCc2ccc(Cl)cc2)cc1. The van der Waals surface area contributed by atoms with E-state index in [4.69, 9.17) is 25.8 Å². The Balaban J connectivity index is 1.73. The summed E-state index contributed by atoms with van der Waals surface area (Å²) in [6.07, 6.45) is -0.568. The number of hydrogen-bond acceptors (Lipinski definition) is 7. The van der Waals surface area contributed by atoms with Crippen molar-refractivity contribution in [2.45, 2.75) is 33.0 Å². The molecule has 0 fully saturated rings. The molecular formula is C22H23ClO7. The first-order valence-electron chi connectivity index (χ1n) is 9.37. The number of esters is 2. The summed E-state index contributed by atoms with van der Waals surface area (Å²) in [7, 11) is 0. The van der Waals surface area contributed by atoms with Crippen molar-refractivity contribution in [3.05, 3.63) is 59.1 Å². The van der Waals surface area contributed by atoms with E-state index < -0.39 is 30.4 Å². The normalized spacial score (nSPS) is 11.3. The van der Waals surface area contributed by atoms with Crippen molar-refractivity contribution in [3.8, 4) is 11.5 Å². The minimum absolute atomic E-state index is 0.0777. The smallest absolute Gasteiger partial charge is 0.378 e. The molecule has 0 saturated carbocycles. The average molecular weight is 435 g/mol. The van der Waals surface area contributed by atoms with E-state index in [-0.39, 0.29) is 13.0 Å². The van der Waals surface area contributed by atoms with E-state index in [1.165, 1.54) is 0 Å². The summed E-state index contributed by atoms with van der Waals surface area (Å²) in [4.78, 5) is 34.4. The Bertz CT molecular complexity index is 847. The lowest BCUT2D eigenvalue weighted by Gasteiger charge is -2.14. The van der Waals surface area contributed by atoms with E-state index in [9.17, 15) is 14.4 Å². The third-order valence-electron chi connectivity index (χ3n) is 3.80. The third kappa shape index (κ3) is 8.13. The topological polar surface area (TPSA) is 88.1 Å². The molecule has 160 valence electrons. The summed E-state index contributed by atoms with van der Waals surface area (Å²) < 4.78 is 20.7. The molecule has 0 aliphatic rings. The molecule has 0 spiro atoms. The van der Waals surface area contributed by atoms with Gasteiger partial charge in [0.05, 0.1) is 13.0 Å². The number of rotatable bonds is 11. The van der Waals surface area contributed by atoms with E-state index in [1.54, 1.807) is 50.2 Å². The number of carbonyl (C=O) groups is 3. The molecule has 0 radical (unpaired) electrons. The van der Waals surface area contributed by atoms with Gasteiger partial charge in [-0.15, -0.1) is 0 Å². The second-order valence-electron chi connectivity index (χ2n) is 6.32. The van der Waals surface area contributed by atoms with Gasteiger partial charge in [-0.2, -0.15) is 0 Å². The second kappa shape index (κ2) is 11.8. The molecule has 0 N–H and O–H groups in total. The van der Waals surface area contributed by atoms with E-state index in [1.807, 2.05) is 12.1 Å². The first kappa shape index (κ1) is 23.2. The van der Waals surface area contributed by atoms with Gasteiger partial charge in [-0.1, -0.05) is 23.7 Å². The highest BCUT2D eigenvalue weighted by molar-refractivity contribution is 6.34. The number of benzene rings is 2. The van der Waals surface area contributed by atoms with Gasteiger partial charge in [-0.25, -0.2) is 4.79 Å². The Morgan fingerprint density at radius 1 is 0.933 bits per heavy atom. The van der Waals surface area contributed by atoms with Gasteiger partial charge in [0.25, 0.3) is 5.78 Å². The fraction of sp³-hybridized carbons (Fsp3) is 0.318. The van der Waals surface area contributed by atoms with Crippen LogP contribution in [-0.4, -0.2) is 37.0 Å². The monoisotopic (exact) mass is 434 g/mol. The molecule has 8 heteroatoms. The van der Waals surface area contributed by atoms with Crippen molar-refractivity contribution in [3.63, 3.8) is 0 Å². The van der Waals surface area contributed by atoms with Gasteiger partial charge in [-0.05, 0) is 55.8 Å². The second-order valence-corrected chi connectivity index (χ2v) is 6.76. The Morgan fingerprint density at radius 2 is 1.57 bits per heavy atom. The fourth-order valence-corrected chi connectivity index (χ4v) is 2.47. The first-order valence-corrected chi connectivity index (χ1v) is 9.74. The molecule has 0 aliphatic heterocycles. The van der Waals surface area contributed by atoms with Crippen LogP contribution in [-0.2, 0) is 30.5 Å². The molecule has 0 amide bonds. The summed E-state index contributed by atoms with van der Waals surface area (Å²) in [6.45, 7) is 3.11. The van der Waals surface area contributed by atoms with E-state index in [2.05, 4.69) is 4.74 Å². The molecule has 7 nitrogen and oxygen atoms in total. The number of halogens is 1. The van der Waals surface area contributed by atoms with Crippen LogP contribution in [0.4, 0.5) is 0 Å². The molecule has 2 rings (SSSR count). The van der Waals surface area contributed by atoms with Gasteiger partial charge in [0.1, 0.15) is 24.2 Å². The number of Topliss-reactive ketones (excluding diaryl/α,β-unsaturated/α-hetero) is 1. The zero-order chi connectivity index (χ0) is 21.9. The molecular weight excluding hydrogens is 412 g/mol. The van der Waals surface area contributed by atoms with Gasteiger partial charge in [0, 0.05) is 5.02 Å². The van der Waals surface area contributed by atoms with Crippen LogP contribution < -0.4 is 9.47 Å². The standard InChI is InChI=1S/C22H23ClO7/c1-3-27-22(26)20(24)14-29-21(25)12-15(2)30-19-10-8-18(9-11-19)28-13-16-4-6-17(23)7-5-16/h4-11,15H,3,12-14H2,1-2H3. The summed E-state index contributed by atoms with van der Waals surface area (Å²) in [5.41, 5.74) is 0.994. The molecule has 2 aromatic rings.